The summed E-state index contributed by atoms with van der Waals surface area (Å²) < 4.78 is 15.5. The van der Waals surface area contributed by atoms with E-state index >= 15 is 0 Å². The van der Waals surface area contributed by atoms with Gasteiger partial charge in [-0.1, -0.05) is 18.2 Å². The molecular formula is C15H12N2O4. The molecule has 3 aromatic rings. The molecule has 0 atom stereocenters. The van der Waals surface area contributed by atoms with Crippen molar-refractivity contribution in [2.75, 3.05) is 14.2 Å². The summed E-state index contributed by atoms with van der Waals surface area (Å²) >= 11 is 0. The van der Waals surface area contributed by atoms with E-state index in [0.717, 1.165) is 5.39 Å². The fourth-order valence-corrected chi connectivity index (χ4v) is 2.03. The summed E-state index contributed by atoms with van der Waals surface area (Å²) in [5, 5.41) is 0.724. The van der Waals surface area contributed by atoms with E-state index in [4.69, 9.17) is 13.9 Å². The SMILES string of the molecule is COc1cnc(C(=O)c2coc3ccccc23)c(OC)n1. The third kappa shape index (κ3) is 2.20. The Kier molecular flexibility index (Phi) is 3.27. The average Bonchev–Trinajstić information content (AvgIpc) is 2.97. The van der Waals surface area contributed by atoms with Gasteiger partial charge in [0.15, 0.2) is 5.69 Å². The molecule has 3 rings (SSSR count). The van der Waals surface area contributed by atoms with E-state index in [9.17, 15) is 4.79 Å². The number of carbonyl (C=O) groups is 1. The number of para-hydroxylation sites is 1. The Morgan fingerprint density at radius 2 is 2.00 bits per heavy atom. The number of ketones is 1. The molecule has 0 bridgehead atoms. The number of aromatic nitrogens is 2. The van der Waals surface area contributed by atoms with Crippen LogP contribution in [0.1, 0.15) is 16.1 Å². The standard InChI is InChI=1S/C15H12N2O4/c1-19-12-7-16-13(15(17-12)20-2)14(18)10-8-21-11-6-4-3-5-9(10)11/h3-8H,1-2H3. The highest BCUT2D eigenvalue weighted by Gasteiger charge is 2.22. The predicted octanol–water partition coefficient (Wildman–Crippen LogP) is 2.47. The van der Waals surface area contributed by atoms with Gasteiger partial charge in [-0.15, -0.1) is 0 Å². The maximum absolute atomic E-state index is 12.6. The molecule has 6 nitrogen and oxygen atoms in total. The van der Waals surface area contributed by atoms with Crippen LogP contribution in [-0.2, 0) is 0 Å². The quantitative estimate of drug-likeness (QED) is 0.685. The largest absolute Gasteiger partial charge is 0.480 e. The first-order valence-corrected chi connectivity index (χ1v) is 6.20. The van der Waals surface area contributed by atoms with Crippen LogP contribution in [0.5, 0.6) is 11.8 Å². The van der Waals surface area contributed by atoms with Crippen LogP contribution >= 0.6 is 0 Å². The molecule has 0 fully saturated rings. The van der Waals surface area contributed by atoms with Crippen LogP contribution < -0.4 is 9.47 Å². The van der Waals surface area contributed by atoms with Gasteiger partial charge in [-0.3, -0.25) is 4.79 Å². The zero-order valence-corrected chi connectivity index (χ0v) is 11.5. The third-order valence-electron chi connectivity index (χ3n) is 3.06. The average molecular weight is 284 g/mol. The van der Waals surface area contributed by atoms with E-state index < -0.39 is 0 Å². The summed E-state index contributed by atoms with van der Waals surface area (Å²) in [6.45, 7) is 0. The lowest BCUT2D eigenvalue weighted by Crippen LogP contribution is -2.08. The molecule has 0 amide bonds. The number of carbonyl (C=O) groups excluding carboxylic acids is 1. The van der Waals surface area contributed by atoms with Gasteiger partial charge in [-0.05, 0) is 6.07 Å². The van der Waals surface area contributed by atoms with Crippen LogP contribution in [0.25, 0.3) is 11.0 Å². The molecule has 0 aliphatic rings. The lowest BCUT2D eigenvalue weighted by Gasteiger charge is -2.06. The van der Waals surface area contributed by atoms with E-state index in [-0.39, 0.29) is 23.2 Å². The molecule has 0 spiro atoms. The van der Waals surface area contributed by atoms with Crippen molar-refractivity contribution < 1.29 is 18.7 Å². The molecule has 0 saturated heterocycles. The molecule has 6 heteroatoms. The Hall–Kier alpha value is -2.89. The van der Waals surface area contributed by atoms with Gasteiger partial charge in [0.2, 0.25) is 17.5 Å². The maximum Gasteiger partial charge on any atom is 0.247 e. The molecule has 2 aromatic heterocycles. The summed E-state index contributed by atoms with van der Waals surface area (Å²) in [5.41, 5.74) is 1.18. The number of hydrogen-bond acceptors (Lipinski definition) is 6. The molecule has 2 heterocycles. The van der Waals surface area contributed by atoms with Crippen molar-refractivity contribution >= 4 is 16.8 Å². The topological polar surface area (TPSA) is 74.5 Å². The van der Waals surface area contributed by atoms with Gasteiger partial charge in [0.05, 0.1) is 26.0 Å². The van der Waals surface area contributed by atoms with Gasteiger partial charge in [0.25, 0.3) is 0 Å². The fourth-order valence-electron chi connectivity index (χ4n) is 2.03. The number of methoxy groups -OCH3 is 2. The zero-order valence-electron chi connectivity index (χ0n) is 11.5. The Labute approximate surface area is 120 Å². The zero-order chi connectivity index (χ0) is 14.8. The molecule has 0 N–H and O–H groups in total. The van der Waals surface area contributed by atoms with Crippen LogP contribution in [0.15, 0.2) is 41.1 Å². The lowest BCUT2D eigenvalue weighted by molar-refractivity contribution is 0.103. The molecule has 0 aliphatic heterocycles. The van der Waals surface area contributed by atoms with E-state index in [1.54, 1.807) is 6.07 Å². The van der Waals surface area contributed by atoms with Crippen LogP contribution in [0.4, 0.5) is 0 Å². The van der Waals surface area contributed by atoms with E-state index in [0.29, 0.717) is 11.1 Å². The molecule has 0 saturated carbocycles. The highest BCUT2D eigenvalue weighted by Crippen LogP contribution is 2.26. The molecule has 1 aromatic carbocycles. The number of rotatable bonds is 4. The van der Waals surface area contributed by atoms with Crippen molar-refractivity contribution in [1.29, 1.82) is 0 Å². The first kappa shape index (κ1) is 13.1. The maximum atomic E-state index is 12.6. The normalized spacial score (nSPS) is 10.6. The van der Waals surface area contributed by atoms with Crippen molar-refractivity contribution in [2.45, 2.75) is 0 Å². The van der Waals surface area contributed by atoms with E-state index in [1.165, 1.54) is 26.7 Å². The van der Waals surface area contributed by atoms with Crippen molar-refractivity contribution in [3.8, 4) is 11.8 Å². The number of ether oxygens (including phenoxy) is 2. The Bertz CT molecular complexity index is 810. The number of furan rings is 1. The molecule has 0 unspecified atom stereocenters. The van der Waals surface area contributed by atoms with Crippen LogP contribution in [0.2, 0.25) is 0 Å². The first-order valence-electron chi connectivity index (χ1n) is 6.20. The molecular weight excluding hydrogens is 272 g/mol. The van der Waals surface area contributed by atoms with Gasteiger partial charge < -0.3 is 13.9 Å². The Morgan fingerprint density at radius 3 is 2.76 bits per heavy atom. The monoisotopic (exact) mass is 284 g/mol. The van der Waals surface area contributed by atoms with Crippen LogP contribution in [0, 0.1) is 0 Å². The summed E-state index contributed by atoms with van der Waals surface area (Å²) in [6.07, 6.45) is 2.79. The van der Waals surface area contributed by atoms with Crippen LogP contribution in [0.3, 0.4) is 0 Å². The van der Waals surface area contributed by atoms with Crippen LogP contribution in [-0.4, -0.2) is 30.0 Å². The van der Waals surface area contributed by atoms with Crippen molar-refractivity contribution in [2.24, 2.45) is 0 Å². The highest BCUT2D eigenvalue weighted by molar-refractivity contribution is 6.15. The van der Waals surface area contributed by atoms with E-state index in [1.807, 2.05) is 18.2 Å². The smallest absolute Gasteiger partial charge is 0.247 e. The highest BCUT2D eigenvalue weighted by atomic mass is 16.5. The molecule has 0 aliphatic carbocycles. The first-order chi connectivity index (χ1) is 10.2. The second-order valence-corrected chi connectivity index (χ2v) is 4.24. The van der Waals surface area contributed by atoms with Gasteiger partial charge in [-0.2, -0.15) is 4.98 Å². The molecule has 0 radical (unpaired) electrons. The number of benzene rings is 1. The van der Waals surface area contributed by atoms with Crippen molar-refractivity contribution in [3.05, 3.63) is 48.0 Å². The fraction of sp³-hybridized carbons (Fsp3) is 0.133. The minimum atomic E-state index is -0.313. The van der Waals surface area contributed by atoms with Gasteiger partial charge in [0, 0.05) is 5.39 Å². The number of nitrogens with zero attached hydrogens (tertiary/aromatic N) is 2. The second-order valence-electron chi connectivity index (χ2n) is 4.24. The number of hydrogen-bond donors (Lipinski definition) is 0. The molecule has 106 valence electrons. The summed E-state index contributed by atoms with van der Waals surface area (Å²) in [4.78, 5) is 20.8. The van der Waals surface area contributed by atoms with Crippen molar-refractivity contribution in [3.63, 3.8) is 0 Å². The van der Waals surface area contributed by atoms with Gasteiger partial charge >= 0.3 is 0 Å². The van der Waals surface area contributed by atoms with Gasteiger partial charge in [-0.25, -0.2) is 4.98 Å². The van der Waals surface area contributed by atoms with E-state index in [2.05, 4.69) is 9.97 Å². The predicted molar refractivity (Wildman–Crippen MR) is 74.8 cm³/mol. The van der Waals surface area contributed by atoms with Crippen molar-refractivity contribution in [1.82, 2.24) is 9.97 Å². The third-order valence-corrected chi connectivity index (χ3v) is 3.06. The Morgan fingerprint density at radius 1 is 1.19 bits per heavy atom. The summed E-state index contributed by atoms with van der Waals surface area (Å²) in [7, 11) is 2.89. The molecule has 21 heavy (non-hydrogen) atoms. The lowest BCUT2D eigenvalue weighted by atomic mass is 10.1. The minimum absolute atomic E-state index is 0.115. The second kappa shape index (κ2) is 5.24. The minimum Gasteiger partial charge on any atom is -0.480 e. The Balaban J connectivity index is 2.10. The number of fused-ring (bicyclic) bond motifs is 1. The van der Waals surface area contributed by atoms with Gasteiger partial charge in [0.1, 0.15) is 11.8 Å². The summed E-state index contributed by atoms with van der Waals surface area (Å²) in [5.74, 6) is 0.0806. The summed E-state index contributed by atoms with van der Waals surface area (Å²) in [6, 6.07) is 7.29.